The molecule has 10 heteroatoms. The molecular formula is C68H36N2O8. The van der Waals surface area contributed by atoms with Crippen LogP contribution in [0.25, 0.3) is 154 Å². The Bertz CT molecular complexity index is 4690. The van der Waals surface area contributed by atoms with E-state index in [0.29, 0.717) is 56.2 Å². The van der Waals surface area contributed by atoms with Gasteiger partial charge in [-0.3, -0.25) is 0 Å². The van der Waals surface area contributed by atoms with Crippen LogP contribution >= 0.6 is 0 Å². The molecule has 10 nitrogen and oxygen atoms in total. The Balaban J connectivity index is 0.918. The van der Waals surface area contributed by atoms with E-state index >= 15 is 0 Å². The first-order valence-electron chi connectivity index (χ1n) is 25.2. The number of benzene rings is 9. The fourth-order valence-electron chi connectivity index (χ4n) is 11.0. The molecule has 6 aromatic heterocycles. The highest BCUT2D eigenvalue weighted by Crippen LogP contribution is 2.37. The molecule has 0 saturated carbocycles. The molecular weight excluding hydrogens is 973 g/mol. The molecule has 0 atom stereocenters. The van der Waals surface area contributed by atoms with Crippen molar-refractivity contribution in [2.75, 3.05) is 0 Å². The summed E-state index contributed by atoms with van der Waals surface area (Å²) in [6.07, 6.45) is 0. The number of hydrogen-bond donors (Lipinski definition) is 0. The standard InChI is InChI=1S/C68H36N2O8/c71-65-53(33-49-45-13-5-1-9-39(45)21-25-61(49)75-65)57-29-43(30-58(69-57)54-34-50-46-14-6-2-10-40(46)22-26-62(50)76-66(54)72)37-17-19-38(20-18-37)44-31-59(55-35-51-47-15-7-3-11-41(47)23-27-63(51)77-67(55)73)70-60(32-44)56-36-52-48-16-8-4-12-42(48)24-28-64(52)78-68(56)74/h1-36H. The minimum atomic E-state index is -0.591. The topological polar surface area (TPSA) is 147 Å². The van der Waals surface area contributed by atoms with Crippen molar-refractivity contribution in [1.29, 1.82) is 0 Å². The Kier molecular flexibility index (Phi) is 9.94. The van der Waals surface area contributed by atoms with Gasteiger partial charge in [-0.15, -0.1) is 0 Å². The van der Waals surface area contributed by atoms with Crippen molar-refractivity contribution in [3.63, 3.8) is 0 Å². The molecule has 0 fully saturated rings. The smallest absolute Gasteiger partial charge is 0.345 e. The Morgan fingerprint density at radius 2 is 0.474 bits per heavy atom. The quantitative estimate of drug-likeness (QED) is 0.116. The number of nitrogens with zero attached hydrogens (tertiary/aromatic N) is 2. The largest absolute Gasteiger partial charge is 0.422 e. The Morgan fingerprint density at radius 3 is 0.731 bits per heavy atom. The van der Waals surface area contributed by atoms with Crippen LogP contribution in [0.5, 0.6) is 0 Å². The molecule has 0 bridgehead atoms. The van der Waals surface area contributed by atoms with Crippen molar-refractivity contribution >= 4 is 87.0 Å². The van der Waals surface area contributed by atoms with Crippen LogP contribution in [0.4, 0.5) is 0 Å². The van der Waals surface area contributed by atoms with Gasteiger partial charge in [0, 0.05) is 21.5 Å². The first-order valence-corrected chi connectivity index (χ1v) is 25.2. The highest BCUT2D eigenvalue weighted by Gasteiger charge is 2.21. The summed E-state index contributed by atoms with van der Waals surface area (Å²) in [5.41, 5.74) is 4.14. The summed E-state index contributed by atoms with van der Waals surface area (Å²) in [7, 11) is 0. The van der Waals surface area contributed by atoms with Crippen LogP contribution in [-0.4, -0.2) is 9.97 Å². The SMILES string of the molecule is O=c1oc2ccc3ccccc3c2cc1-c1cc(-c2ccc(-c3cc(-c4cc5c(ccc6ccccc65)oc4=O)nc(-c4cc5c(ccc6ccccc65)oc4=O)c3)cc2)cc(-c2cc3c(ccc4ccccc43)oc2=O)n1. The van der Waals surface area contributed by atoms with Crippen LogP contribution in [0.3, 0.4) is 0 Å². The van der Waals surface area contributed by atoms with Crippen LogP contribution in [-0.2, 0) is 0 Å². The summed E-state index contributed by atoms with van der Waals surface area (Å²) in [6.45, 7) is 0. The Morgan fingerprint density at radius 1 is 0.231 bits per heavy atom. The summed E-state index contributed by atoms with van der Waals surface area (Å²) in [5, 5.41) is 10.5. The highest BCUT2D eigenvalue weighted by molar-refractivity contribution is 6.10. The van der Waals surface area contributed by atoms with Gasteiger partial charge >= 0.3 is 22.5 Å². The molecule has 0 N–H and O–H groups in total. The maximum absolute atomic E-state index is 14.1. The molecule has 15 aromatic rings. The first kappa shape index (κ1) is 44.6. The van der Waals surface area contributed by atoms with Crippen molar-refractivity contribution in [1.82, 2.24) is 9.97 Å². The second kappa shape index (κ2) is 17.4. The van der Waals surface area contributed by atoms with E-state index in [1.165, 1.54) is 0 Å². The van der Waals surface area contributed by atoms with Gasteiger partial charge in [-0.2, -0.15) is 0 Å². The summed E-state index contributed by atoms with van der Waals surface area (Å²) in [4.78, 5) is 66.3. The molecule has 366 valence electrons. The first-order chi connectivity index (χ1) is 38.2. The van der Waals surface area contributed by atoms with Crippen LogP contribution in [0.2, 0.25) is 0 Å². The van der Waals surface area contributed by atoms with Crippen LogP contribution < -0.4 is 22.5 Å². The maximum atomic E-state index is 14.1. The van der Waals surface area contributed by atoms with E-state index in [1.54, 1.807) is 48.5 Å². The Hall–Kier alpha value is -10.8. The molecule has 78 heavy (non-hydrogen) atoms. The lowest BCUT2D eigenvalue weighted by molar-refractivity contribution is 0.562. The summed E-state index contributed by atoms with van der Waals surface area (Å²) >= 11 is 0. The highest BCUT2D eigenvalue weighted by atomic mass is 16.4. The van der Waals surface area contributed by atoms with Gasteiger partial charge in [-0.25, -0.2) is 29.1 Å². The summed E-state index contributed by atoms with van der Waals surface area (Å²) in [6, 6.07) is 68.5. The van der Waals surface area contributed by atoms with Crippen molar-refractivity contribution in [3.05, 3.63) is 260 Å². The van der Waals surface area contributed by atoms with E-state index < -0.39 is 22.5 Å². The average Bonchev–Trinajstić information content (AvgIpc) is 3.62. The fraction of sp³-hybridized carbons (Fsp3) is 0. The normalized spacial score (nSPS) is 11.8. The summed E-state index contributed by atoms with van der Waals surface area (Å²) < 4.78 is 23.9. The minimum absolute atomic E-state index is 0.211. The van der Waals surface area contributed by atoms with Crippen molar-refractivity contribution < 1.29 is 17.7 Å². The van der Waals surface area contributed by atoms with Gasteiger partial charge in [-0.05, 0) is 138 Å². The molecule has 0 amide bonds. The second-order valence-electron chi connectivity index (χ2n) is 19.4. The van der Waals surface area contributed by atoms with Gasteiger partial charge in [0.2, 0.25) is 0 Å². The third-order valence-electron chi connectivity index (χ3n) is 14.9. The monoisotopic (exact) mass is 1010 g/mol. The third-order valence-corrected chi connectivity index (χ3v) is 14.9. The minimum Gasteiger partial charge on any atom is -0.422 e. The van der Waals surface area contributed by atoms with Crippen molar-refractivity contribution in [3.8, 4) is 67.3 Å². The van der Waals surface area contributed by atoms with Crippen LogP contribution in [0.15, 0.2) is 255 Å². The molecule has 9 aromatic carbocycles. The van der Waals surface area contributed by atoms with Gasteiger partial charge in [0.15, 0.2) is 0 Å². The third kappa shape index (κ3) is 7.34. The molecule has 0 radical (unpaired) electrons. The number of aromatic nitrogens is 2. The fourth-order valence-corrected chi connectivity index (χ4v) is 11.0. The predicted octanol–water partition coefficient (Wildman–Crippen LogP) is 15.5. The van der Waals surface area contributed by atoms with E-state index in [-0.39, 0.29) is 22.3 Å². The van der Waals surface area contributed by atoms with Crippen molar-refractivity contribution in [2.45, 2.75) is 0 Å². The lowest BCUT2D eigenvalue weighted by Gasteiger charge is -2.13. The number of rotatable bonds is 6. The molecule has 0 saturated heterocycles. The zero-order valence-corrected chi connectivity index (χ0v) is 40.9. The second-order valence-corrected chi connectivity index (χ2v) is 19.4. The number of hydrogen-bond acceptors (Lipinski definition) is 10. The molecule has 0 aliphatic heterocycles. The summed E-state index contributed by atoms with van der Waals surface area (Å²) in [5.74, 6) is 0. The van der Waals surface area contributed by atoms with Gasteiger partial charge in [-0.1, -0.05) is 146 Å². The molecule has 15 rings (SSSR count). The van der Waals surface area contributed by atoms with Crippen molar-refractivity contribution in [2.24, 2.45) is 0 Å². The van der Waals surface area contributed by atoms with E-state index in [4.69, 9.17) is 27.6 Å². The van der Waals surface area contributed by atoms with Gasteiger partial charge in [0.1, 0.15) is 22.3 Å². The molecule has 0 aliphatic rings. The number of fused-ring (bicyclic) bond motifs is 12. The molecule has 0 spiro atoms. The maximum Gasteiger partial charge on any atom is 0.345 e. The van der Waals surface area contributed by atoms with E-state index in [2.05, 4.69) is 0 Å². The number of pyridine rings is 2. The Labute approximate surface area is 440 Å². The van der Waals surface area contributed by atoms with E-state index in [0.717, 1.165) is 75.8 Å². The molecule has 6 heterocycles. The zero-order chi connectivity index (χ0) is 52.2. The predicted molar refractivity (Wildman–Crippen MR) is 309 cm³/mol. The molecule has 0 unspecified atom stereocenters. The zero-order valence-electron chi connectivity index (χ0n) is 40.9. The van der Waals surface area contributed by atoms with Gasteiger partial charge in [0.25, 0.3) is 0 Å². The van der Waals surface area contributed by atoms with Gasteiger partial charge < -0.3 is 17.7 Å². The van der Waals surface area contributed by atoms with Crippen LogP contribution in [0.1, 0.15) is 0 Å². The van der Waals surface area contributed by atoms with E-state index in [9.17, 15) is 19.2 Å². The average molecular weight is 1010 g/mol. The molecule has 0 aliphatic carbocycles. The van der Waals surface area contributed by atoms with Gasteiger partial charge in [0.05, 0.1) is 45.0 Å². The van der Waals surface area contributed by atoms with E-state index in [1.807, 2.05) is 170 Å². The lowest BCUT2D eigenvalue weighted by Crippen LogP contribution is -2.08. The lowest BCUT2D eigenvalue weighted by atomic mass is 9.96. The van der Waals surface area contributed by atoms with Crippen LogP contribution in [0, 0.1) is 0 Å².